The van der Waals surface area contributed by atoms with E-state index in [1.54, 1.807) is 43.3 Å². The lowest BCUT2D eigenvalue weighted by Crippen LogP contribution is -2.15. The summed E-state index contributed by atoms with van der Waals surface area (Å²) >= 11 is 0. The highest BCUT2D eigenvalue weighted by molar-refractivity contribution is 7.92. The maximum absolute atomic E-state index is 12.7. The molecule has 0 bridgehead atoms. The first-order valence-electron chi connectivity index (χ1n) is 10.2. The van der Waals surface area contributed by atoms with Gasteiger partial charge in [-0.2, -0.15) is 0 Å². The van der Waals surface area contributed by atoms with Crippen LogP contribution in [0.25, 0.3) is 0 Å². The third-order valence-electron chi connectivity index (χ3n) is 4.64. The minimum Gasteiger partial charge on any atom is -0.494 e. The summed E-state index contributed by atoms with van der Waals surface area (Å²) in [4.78, 5) is 12.6. The molecule has 0 saturated heterocycles. The number of carbonyl (C=O) groups excluding carboxylic acids is 1. The van der Waals surface area contributed by atoms with Crippen LogP contribution >= 0.6 is 0 Å². The van der Waals surface area contributed by atoms with E-state index >= 15 is 0 Å². The number of carbonyl (C=O) groups is 1. The van der Waals surface area contributed by atoms with Crippen LogP contribution in [-0.4, -0.2) is 35.6 Å². The lowest BCUT2D eigenvalue weighted by molar-refractivity contribution is 0.102. The molecule has 0 radical (unpaired) electrons. The van der Waals surface area contributed by atoms with Gasteiger partial charge in [0.15, 0.2) is 0 Å². The van der Waals surface area contributed by atoms with Crippen molar-refractivity contribution in [3.63, 3.8) is 0 Å². The molecule has 3 N–H and O–H groups in total. The first-order valence-corrected chi connectivity index (χ1v) is 13.6. The van der Waals surface area contributed by atoms with Crippen LogP contribution in [0.2, 0.25) is 0 Å². The monoisotopic (exact) mass is 503 g/mol. The minimum absolute atomic E-state index is 0.0226. The number of anilines is 3. The largest absolute Gasteiger partial charge is 0.494 e. The van der Waals surface area contributed by atoms with E-state index in [1.807, 2.05) is 6.92 Å². The van der Waals surface area contributed by atoms with Crippen molar-refractivity contribution in [3.8, 4) is 5.75 Å². The summed E-state index contributed by atoms with van der Waals surface area (Å²) in [5, 5.41) is 2.67. The molecule has 0 fully saturated rings. The number of aryl methyl sites for hydroxylation is 1. The Kier molecular flexibility index (Phi) is 7.48. The molecular formula is C23H25N3O6S2. The van der Waals surface area contributed by atoms with E-state index in [2.05, 4.69) is 14.8 Å². The number of hydrogen-bond acceptors (Lipinski definition) is 6. The van der Waals surface area contributed by atoms with Gasteiger partial charge in [-0.1, -0.05) is 6.07 Å². The zero-order chi connectivity index (χ0) is 24.9. The highest BCUT2D eigenvalue weighted by atomic mass is 32.2. The second-order valence-corrected chi connectivity index (χ2v) is 10.9. The topological polar surface area (TPSA) is 131 Å². The fourth-order valence-electron chi connectivity index (χ4n) is 2.99. The Bertz CT molecular complexity index is 1390. The highest BCUT2D eigenvalue weighted by Crippen LogP contribution is 2.22. The molecule has 3 aromatic rings. The standard InChI is InChI=1S/C23H25N3O6S2/c1-4-32-20-11-7-19(8-12-20)25-34(30,31)21-13-9-18(10-14-21)24-23(27)17-6-5-16(2)22(15-17)26-33(3,28)29/h5-15,25-26H,4H2,1-3H3,(H,24,27). The van der Waals surface area contributed by atoms with Gasteiger partial charge in [-0.15, -0.1) is 0 Å². The maximum Gasteiger partial charge on any atom is 0.261 e. The maximum atomic E-state index is 12.7. The quantitative estimate of drug-likeness (QED) is 0.407. The predicted octanol–water partition coefficient (Wildman–Crippen LogP) is 3.82. The van der Waals surface area contributed by atoms with Crippen molar-refractivity contribution >= 4 is 43.0 Å². The van der Waals surface area contributed by atoms with Gasteiger partial charge in [0.2, 0.25) is 10.0 Å². The summed E-state index contributed by atoms with van der Waals surface area (Å²) < 4.78 is 58.6. The number of ether oxygens (including phenoxy) is 1. The lowest BCUT2D eigenvalue weighted by atomic mass is 10.1. The number of benzene rings is 3. The van der Waals surface area contributed by atoms with E-state index in [-0.39, 0.29) is 10.5 Å². The van der Waals surface area contributed by atoms with Crippen molar-refractivity contribution < 1.29 is 26.4 Å². The molecule has 0 saturated carbocycles. The van der Waals surface area contributed by atoms with Gasteiger partial charge in [0.05, 0.1) is 23.4 Å². The van der Waals surface area contributed by atoms with Crippen LogP contribution in [0.15, 0.2) is 71.6 Å². The van der Waals surface area contributed by atoms with E-state index < -0.39 is 26.0 Å². The molecule has 0 atom stereocenters. The van der Waals surface area contributed by atoms with Crippen LogP contribution in [0, 0.1) is 6.92 Å². The molecule has 3 aromatic carbocycles. The molecule has 0 aliphatic heterocycles. The van der Waals surface area contributed by atoms with Crippen molar-refractivity contribution in [3.05, 3.63) is 77.9 Å². The van der Waals surface area contributed by atoms with E-state index in [9.17, 15) is 21.6 Å². The average Bonchev–Trinajstić information content (AvgIpc) is 2.76. The van der Waals surface area contributed by atoms with Crippen molar-refractivity contribution in [2.75, 3.05) is 27.6 Å². The van der Waals surface area contributed by atoms with Crippen molar-refractivity contribution in [2.45, 2.75) is 18.7 Å². The molecule has 0 spiro atoms. The summed E-state index contributed by atoms with van der Waals surface area (Å²) in [7, 11) is -7.33. The highest BCUT2D eigenvalue weighted by Gasteiger charge is 2.15. The van der Waals surface area contributed by atoms with Crippen LogP contribution in [0.4, 0.5) is 17.1 Å². The Morgan fingerprint density at radius 2 is 1.47 bits per heavy atom. The lowest BCUT2D eigenvalue weighted by Gasteiger charge is -2.12. The van der Waals surface area contributed by atoms with E-state index in [0.717, 1.165) is 6.26 Å². The van der Waals surface area contributed by atoms with Crippen molar-refractivity contribution in [1.82, 2.24) is 0 Å². The van der Waals surface area contributed by atoms with Gasteiger partial charge in [-0.3, -0.25) is 14.2 Å². The molecule has 0 aromatic heterocycles. The van der Waals surface area contributed by atoms with Gasteiger partial charge >= 0.3 is 0 Å². The first-order chi connectivity index (χ1) is 16.0. The van der Waals surface area contributed by atoms with Crippen LogP contribution in [-0.2, 0) is 20.0 Å². The molecule has 1 amide bonds. The van der Waals surface area contributed by atoms with Gasteiger partial charge in [-0.25, -0.2) is 16.8 Å². The zero-order valence-corrected chi connectivity index (χ0v) is 20.5. The van der Waals surface area contributed by atoms with E-state index in [4.69, 9.17) is 4.74 Å². The molecule has 9 nitrogen and oxygen atoms in total. The van der Waals surface area contributed by atoms with Gasteiger partial charge < -0.3 is 10.1 Å². The fraction of sp³-hybridized carbons (Fsp3) is 0.174. The number of sulfonamides is 2. The van der Waals surface area contributed by atoms with Gasteiger partial charge in [0.25, 0.3) is 15.9 Å². The van der Waals surface area contributed by atoms with Gasteiger partial charge in [0.1, 0.15) is 5.75 Å². The molecule has 0 unspecified atom stereocenters. The summed E-state index contributed by atoms with van der Waals surface area (Å²) in [6.45, 7) is 4.09. The van der Waals surface area contributed by atoms with Crippen molar-refractivity contribution in [2.24, 2.45) is 0 Å². The van der Waals surface area contributed by atoms with Crippen LogP contribution in [0.1, 0.15) is 22.8 Å². The Labute approximate surface area is 199 Å². The van der Waals surface area contributed by atoms with Crippen LogP contribution < -0.4 is 19.5 Å². The van der Waals surface area contributed by atoms with E-state index in [0.29, 0.717) is 35.0 Å². The molecule has 0 aliphatic rings. The SMILES string of the molecule is CCOc1ccc(NS(=O)(=O)c2ccc(NC(=O)c3ccc(C)c(NS(C)(=O)=O)c3)cc2)cc1. The number of rotatable bonds is 9. The van der Waals surface area contributed by atoms with E-state index in [1.165, 1.54) is 30.3 Å². The molecule has 0 heterocycles. The second-order valence-electron chi connectivity index (χ2n) is 7.45. The normalized spacial score (nSPS) is 11.5. The molecular weight excluding hydrogens is 478 g/mol. The molecule has 11 heteroatoms. The Balaban J connectivity index is 1.70. The second kappa shape index (κ2) is 10.1. The summed E-state index contributed by atoms with van der Waals surface area (Å²) in [5.74, 6) is 0.165. The summed E-state index contributed by atoms with van der Waals surface area (Å²) in [6, 6.07) is 16.9. The van der Waals surface area contributed by atoms with Gasteiger partial charge in [-0.05, 0) is 80.1 Å². The number of hydrogen-bond donors (Lipinski definition) is 3. The molecule has 180 valence electrons. The summed E-state index contributed by atoms with van der Waals surface area (Å²) in [6.07, 6.45) is 1.03. The fourth-order valence-corrected chi connectivity index (χ4v) is 4.67. The average molecular weight is 504 g/mol. The first kappa shape index (κ1) is 25.1. The zero-order valence-electron chi connectivity index (χ0n) is 18.8. The summed E-state index contributed by atoms with van der Waals surface area (Å²) in [5.41, 5.74) is 1.97. The smallest absolute Gasteiger partial charge is 0.261 e. The predicted molar refractivity (Wildman–Crippen MR) is 132 cm³/mol. The Hall–Kier alpha value is -3.57. The Morgan fingerprint density at radius 1 is 0.853 bits per heavy atom. The molecule has 0 aliphatic carbocycles. The third-order valence-corrected chi connectivity index (χ3v) is 6.62. The Morgan fingerprint density at radius 3 is 2.06 bits per heavy atom. The van der Waals surface area contributed by atoms with Crippen molar-refractivity contribution in [1.29, 1.82) is 0 Å². The number of nitrogens with one attached hydrogen (secondary N) is 3. The van der Waals surface area contributed by atoms with Gasteiger partial charge in [0, 0.05) is 16.9 Å². The van der Waals surface area contributed by atoms with Crippen LogP contribution in [0.3, 0.4) is 0 Å². The minimum atomic E-state index is -3.83. The third kappa shape index (κ3) is 6.72. The molecule has 34 heavy (non-hydrogen) atoms. The molecule has 3 rings (SSSR count). The van der Waals surface area contributed by atoms with Crippen LogP contribution in [0.5, 0.6) is 5.75 Å². The number of amides is 1.